The largest absolute Gasteiger partial charge is 0.347 e. The van der Waals surface area contributed by atoms with Gasteiger partial charge in [0.2, 0.25) is 5.78 Å². The highest BCUT2D eigenvalue weighted by molar-refractivity contribution is 6.14. The van der Waals surface area contributed by atoms with E-state index in [0.29, 0.717) is 11.3 Å². The predicted molar refractivity (Wildman–Crippen MR) is 111 cm³/mol. The van der Waals surface area contributed by atoms with Crippen molar-refractivity contribution in [3.05, 3.63) is 87.9 Å². The van der Waals surface area contributed by atoms with Crippen molar-refractivity contribution in [2.45, 2.75) is 33.1 Å². The van der Waals surface area contributed by atoms with E-state index in [-0.39, 0.29) is 11.2 Å². The van der Waals surface area contributed by atoms with Crippen LogP contribution in [-0.4, -0.2) is 17.8 Å². The number of rotatable bonds is 1. The van der Waals surface area contributed by atoms with Crippen molar-refractivity contribution in [3.8, 4) is 0 Å². The zero-order chi connectivity index (χ0) is 19.3. The topological polar surface area (TPSA) is 33.2 Å². The maximum atomic E-state index is 12.9. The smallest absolute Gasteiger partial charge is 0.211 e. The fourth-order valence-electron chi connectivity index (χ4n) is 4.18. The SMILES string of the molecule is Cc1ccc2c(n1)C(=O)C(=CC=C1N(C)c3c(C)cccc3C1(C)C)C=C2. The molecule has 2 heterocycles. The Morgan fingerprint density at radius 1 is 1.04 bits per heavy atom. The van der Waals surface area contributed by atoms with Crippen LogP contribution in [0.25, 0.3) is 6.08 Å². The molecule has 3 heteroatoms. The maximum absolute atomic E-state index is 12.9. The Labute approximate surface area is 160 Å². The normalized spacial score (nSPS) is 20.3. The Morgan fingerprint density at radius 2 is 1.81 bits per heavy atom. The number of ketones is 1. The molecule has 1 aromatic heterocycles. The number of Topliss-reactive ketones (excluding diaryl/α,β-unsaturated/α-hetero) is 1. The molecule has 0 spiro atoms. The number of aromatic nitrogens is 1. The third-order valence-corrected chi connectivity index (χ3v) is 5.65. The Morgan fingerprint density at radius 3 is 2.56 bits per heavy atom. The molecule has 136 valence electrons. The van der Waals surface area contributed by atoms with Gasteiger partial charge in [0, 0.05) is 40.7 Å². The number of fused-ring (bicyclic) bond motifs is 2. The summed E-state index contributed by atoms with van der Waals surface area (Å²) in [4.78, 5) is 19.5. The minimum absolute atomic E-state index is 0.0137. The van der Waals surface area contributed by atoms with E-state index < -0.39 is 0 Å². The number of hydrogen-bond acceptors (Lipinski definition) is 3. The Balaban J connectivity index is 1.75. The highest BCUT2D eigenvalue weighted by Gasteiger charge is 2.38. The molecule has 4 rings (SSSR count). The molecule has 0 atom stereocenters. The van der Waals surface area contributed by atoms with E-state index in [4.69, 9.17) is 0 Å². The lowest BCUT2D eigenvalue weighted by Gasteiger charge is -2.24. The van der Waals surface area contributed by atoms with Crippen molar-refractivity contribution in [2.24, 2.45) is 0 Å². The molecule has 0 unspecified atom stereocenters. The minimum atomic E-state index is -0.110. The second kappa shape index (κ2) is 6.05. The van der Waals surface area contributed by atoms with Crippen LogP contribution in [0.1, 0.15) is 46.7 Å². The monoisotopic (exact) mass is 356 g/mol. The molecular weight excluding hydrogens is 332 g/mol. The number of hydrogen-bond donors (Lipinski definition) is 0. The average molecular weight is 356 g/mol. The second-order valence-electron chi connectivity index (χ2n) is 7.88. The first-order valence-electron chi connectivity index (χ1n) is 9.27. The highest BCUT2D eigenvalue weighted by atomic mass is 16.1. The summed E-state index contributed by atoms with van der Waals surface area (Å²) in [6.45, 7) is 8.52. The Kier molecular flexibility index (Phi) is 3.92. The van der Waals surface area contributed by atoms with E-state index in [9.17, 15) is 4.79 Å². The van der Waals surface area contributed by atoms with E-state index in [1.165, 1.54) is 22.5 Å². The molecule has 0 saturated carbocycles. The van der Waals surface area contributed by atoms with Crippen LogP contribution in [0, 0.1) is 13.8 Å². The van der Waals surface area contributed by atoms with Gasteiger partial charge in [-0.1, -0.05) is 50.3 Å². The number of pyridine rings is 1. The Bertz CT molecular complexity index is 1050. The molecule has 2 aromatic rings. The molecule has 0 saturated heterocycles. The number of anilines is 1. The third kappa shape index (κ3) is 2.66. The van der Waals surface area contributed by atoms with Gasteiger partial charge in [0.25, 0.3) is 0 Å². The lowest BCUT2D eigenvalue weighted by atomic mass is 9.83. The summed E-state index contributed by atoms with van der Waals surface area (Å²) in [7, 11) is 2.10. The zero-order valence-corrected chi connectivity index (χ0v) is 16.5. The van der Waals surface area contributed by atoms with Crippen molar-refractivity contribution in [1.29, 1.82) is 0 Å². The quantitative estimate of drug-likeness (QED) is 0.663. The summed E-state index contributed by atoms with van der Waals surface area (Å²) < 4.78 is 0. The number of benzene rings is 1. The first kappa shape index (κ1) is 17.5. The zero-order valence-electron chi connectivity index (χ0n) is 16.5. The summed E-state index contributed by atoms with van der Waals surface area (Å²) in [6.07, 6.45) is 7.87. The van der Waals surface area contributed by atoms with Crippen molar-refractivity contribution in [1.82, 2.24) is 4.98 Å². The van der Waals surface area contributed by atoms with Gasteiger partial charge in [0.15, 0.2) is 0 Å². The fraction of sp³-hybridized carbons (Fsp3) is 0.250. The molecule has 0 amide bonds. The number of carbonyl (C=O) groups is 1. The standard InChI is InChI=1S/C24H24N2O/c1-15-7-6-8-19-22(15)26(5)20(24(19,3)4)14-13-18-12-11-17-10-9-16(2)25-21(17)23(18)27/h6-14H,1-5H3. The summed E-state index contributed by atoms with van der Waals surface area (Å²) in [5.74, 6) is -0.0137. The molecule has 1 aliphatic heterocycles. The van der Waals surface area contributed by atoms with Crippen LogP contribution in [0.4, 0.5) is 5.69 Å². The molecule has 0 fully saturated rings. The molecule has 0 radical (unpaired) electrons. The fourth-order valence-corrected chi connectivity index (χ4v) is 4.18. The summed E-state index contributed by atoms with van der Waals surface area (Å²) in [5, 5.41) is 0. The van der Waals surface area contributed by atoms with Gasteiger partial charge in [-0.25, -0.2) is 4.98 Å². The van der Waals surface area contributed by atoms with E-state index in [1.54, 1.807) is 0 Å². The number of allylic oxidation sites excluding steroid dienone is 5. The first-order chi connectivity index (χ1) is 12.8. The molecule has 0 N–H and O–H groups in total. The van der Waals surface area contributed by atoms with Crippen LogP contribution < -0.4 is 4.90 Å². The molecule has 1 aliphatic carbocycles. The number of carbonyl (C=O) groups excluding carboxylic acids is 1. The van der Waals surface area contributed by atoms with Crippen molar-refractivity contribution in [2.75, 3.05) is 11.9 Å². The maximum Gasteiger partial charge on any atom is 0.211 e. The van der Waals surface area contributed by atoms with E-state index in [1.807, 2.05) is 37.3 Å². The van der Waals surface area contributed by atoms with Gasteiger partial charge >= 0.3 is 0 Å². The lowest BCUT2D eigenvalue weighted by Crippen LogP contribution is -2.22. The summed E-state index contributed by atoms with van der Waals surface area (Å²) >= 11 is 0. The number of para-hydroxylation sites is 1. The summed E-state index contributed by atoms with van der Waals surface area (Å²) in [6, 6.07) is 10.3. The second-order valence-corrected chi connectivity index (χ2v) is 7.88. The Hall–Kier alpha value is -2.94. The van der Waals surface area contributed by atoms with Crippen LogP contribution in [0.15, 0.2) is 59.8 Å². The molecular formula is C24H24N2O. The number of nitrogens with zero attached hydrogens (tertiary/aromatic N) is 2. The van der Waals surface area contributed by atoms with Gasteiger partial charge in [-0.15, -0.1) is 0 Å². The summed E-state index contributed by atoms with van der Waals surface area (Å²) in [5.41, 5.74) is 7.88. The lowest BCUT2D eigenvalue weighted by molar-refractivity contribution is 0.103. The minimum Gasteiger partial charge on any atom is -0.347 e. The predicted octanol–water partition coefficient (Wildman–Crippen LogP) is 5.15. The van der Waals surface area contributed by atoms with Crippen LogP contribution in [0.2, 0.25) is 0 Å². The number of likely N-dealkylation sites (N-methyl/N-ethyl adjacent to an activating group) is 1. The van der Waals surface area contributed by atoms with Crippen molar-refractivity contribution < 1.29 is 4.79 Å². The molecule has 2 aliphatic rings. The van der Waals surface area contributed by atoms with Crippen LogP contribution in [0.5, 0.6) is 0 Å². The van der Waals surface area contributed by atoms with Crippen molar-refractivity contribution in [3.63, 3.8) is 0 Å². The molecule has 0 bridgehead atoms. The van der Waals surface area contributed by atoms with Gasteiger partial charge in [0.1, 0.15) is 5.69 Å². The van der Waals surface area contributed by atoms with Gasteiger partial charge in [-0.2, -0.15) is 0 Å². The van der Waals surface area contributed by atoms with E-state index >= 15 is 0 Å². The van der Waals surface area contributed by atoms with Gasteiger partial charge in [-0.3, -0.25) is 4.79 Å². The molecule has 27 heavy (non-hydrogen) atoms. The van der Waals surface area contributed by atoms with E-state index in [2.05, 4.69) is 62.0 Å². The van der Waals surface area contributed by atoms with Gasteiger partial charge < -0.3 is 4.90 Å². The van der Waals surface area contributed by atoms with Crippen LogP contribution in [0.3, 0.4) is 0 Å². The van der Waals surface area contributed by atoms with Crippen LogP contribution in [-0.2, 0) is 5.41 Å². The highest BCUT2D eigenvalue weighted by Crippen LogP contribution is 2.48. The van der Waals surface area contributed by atoms with Gasteiger partial charge in [0.05, 0.1) is 0 Å². The van der Waals surface area contributed by atoms with Gasteiger partial charge in [-0.05, 0) is 43.2 Å². The third-order valence-electron chi connectivity index (χ3n) is 5.65. The number of aryl methyl sites for hydroxylation is 2. The first-order valence-corrected chi connectivity index (χ1v) is 9.27. The van der Waals surface area contributed by atoms with Crippen molar-refractivity contribution >= 4 is 17.5 Å². The molecule has 1 aromatic carbocycles. The average Bonchev–Trinajstić information content (AvgIpc) is 2.82. The van der Waals surface area contributed by atoms with Crippen LogP contribution >= 0.6 is 0 Å². The molecule has 3 nitrogen and oxygen atoms in total. The van der Waals surface area contributed by atoms with E-state index in [0.717, 1.165) is 11.3 Å².